The van der Waals surface area contributed by atoms with Crippen LogP contribution in [0.2, 0.25) is 0 Å². The minimum absolute atomic E-state index is 0.128. The Morgan fingerprint density at radius 2 is 1.43 bits per heavy atom. The summed E-state index contributed by atoms with van der Waals surface area (Å²) in [4.78, 5) is 31.1. The minimum Gasteiger partial charge on any atom is -0.493 e. The fourth-order valence-electron chi connectivity index (χ4n) is 4.94. The first-order valence-electron chi connectivity index (χ1n) is 11.9. The highest BCUT2D eigenvalue weighted by Gasteiger charge is 2.44. The first-order valence-corrected chi connectivity index (χ1v) is 11.9. The van der Waals surface area contributed by atoms with Crippen LogP contribution in [0, 0.1) is 0 Å². The molecule has 4 rings (SSSR count). The molecule has 0 saturated heterocycles. The van der Waals surface area contributed by atoms with Crippen molar-refractivity contribution in [3.05, 3.63) is 82.9 Å². The van der Waals surface area contributed by atoms with Gasteiger partial charge in [-0.25, -0.2) is 0 Å². The molecule has 0 aliphatic carbocycles. The van der Waals surface area contributed by atoms with Crippen LogP contribution in [-0.2, 0) is 11.3 Å². The van der Waals surface area contributed by atoms with Crippen LogP contribution in [0.1, 0.15) is 39.0 Å². The Balaban J connectivity index is 1.88. The molecule has 37 heavy (non-hydrogen) atoms. The SMILES string of the molecule is COc1ccc([C@@H]2[C@H](C(=O)N(C)Cc3ccccc3)c3cc(OC)c(OC)cc3C(=O)N2C)cc1OC. The van der Waals surface area contributed by atoms with Gasteiger partial charge in [-0.2, -0.15) is 0 Å². The molecular formula is C29H32N2O6. The molecule has 3 aromatic rings. The van der Waals surface area contributed by atoms with Crippen molar-refractivity contribution in [3.63, 3.8) is 0 Å². The van der Waals surface area contributed by atoms with E-state index in [-0.39, 0.29) is 11.8 Å². The molecular weight excluding hydrogens is 472 g/mol. The quantitative estimate of drug-likeness (QED) is 0.456. The summed E-state index contributed by atoms with van der Waals surface area (Å²) >= 11 is 0. The number of likely N-dealkylation sites (N-methyl/N-ethyl adjacent to an activating group) is 2. The number of benzene rings is 3. The summed E-state index contributed by atoms with van der Waals surface area (Å²) in [7, 11) is 9.66. The lowest BCUT2D eigenvalue weighted by Gasteiger charge is -2.41. The summed E-state index contributed by atoms with van der Waals surface area (Å²) in [5, 5.41) is 0. The molecule has 0 N–H and O–H groups in total. The van der Waals surface area contributed by atoms with Crippen molar-refractivity contribution in [2.45, 2.75) is 18.5 Å². The molecule has 3 aromatic carbocycles. The second-order valence-electron chi connectivity index (χ2n) is 8.93. The van der Waals surface area contributed by atoms with Crippen molar-refractivity contribution in [2.24, 2.45) is 0 Å². The Hall–Kier alpha value is -4.20. The summed E-state index contributed by atoms with van der Waals surface area (Å²) < 4.78 is 21.9. The van der Waals surface area contributed by atoms with E-state index in [1.807, 2.05) is 42.5 Å². The van der Waals surface area contributed by atoms with Gasteiger partial charge in [0.2, 0.25) is 5.91 Å². The number of carbonyl (C=O) groups excluding carboxylic acids is 2. The van der Waals surface area contributed by atoms with Crippen LogP contribution < -0.4 is 18.9 Å². The van der Waals surface area contributed by atoms with Gasteiger partial charge >= 0.3 is 0 Å². The van der Waals surface area contributed by atoms with Crippen LogP contribution >= 0.6 is 0 Å². The summed E-state index contributed by atoms with van der Waals surface area (Å²) in [5.74, 6) is 0.908. The predicted octanol–water partition coefficient (Wildman–Crippen LogP) is 4.29. The van der Waals surface area contributed by atoms with E-state index in [0.29, 0.717) is 40.7 Å². The van der Waals surface area contributed by atoms with Gasteiger partial charge in [0.1, 0.15) is 0 Å². The largest absolute Gasteiger partial charge is 0.493 e. The molecule has 8 heteroatoms. The fraction of sp³-hybridized carbons (Fsp3) is 0.310. The number of fused-ring (bicyclic) bond motifs is 1. The standard InChI is InChI=1S/C29H32N2O6/c1-30(17-18-10-8-7-9-11-18)29(33)26-20-15-24(36-5)25(37-6)16-21(20)28(32)31(2)27(26)19-12-13-22(34-3)23(14-19)35-4/h7-16,26-27H,17H2,1-6H3/t26-,27-/m1/s1. The van der Waals surface area contributed by atoms with Crippen molar-refractivity contribution < 1.29 is 28.5 Å². The van der Waals surface area contributed by atoms with Crippen molar-refractivity contribution in [1.82, 2.24) is 9.80 Å². The topological polar surface area (TPSA) is 77.5 Å². The maximum absolute atomic E-state index is 14.2. The van der Waals surface area contributed by atoms with Crippen LogP contribution in [-0.4, -0.2) is 64.1 Å². The maximum Gasteiger partial charge on any atom is 0.254 e. The summed E-state index contributed by atoms with van der Waals surface area (Å²) in [5.41, 5.74) is 2.75. The first-order chi connectivity index (χ1) is 17.8. The molecule has 0 bridgehead atoms. The molecule has 0 aromatic heterocycles. The fourth-order valence-corrected chi connectivity index (χ4v) is 4.94. The molecule has 1 aliphatic rings. The van der Waals surface area contributed by atoms with Crippen molar-refractivity contribution >= 4 is 11.8 Å². The molecule has 0 fully saturated rings. The van der Waals surface area contributed by atoms with E-state index in [4.69, 9.17) is 18.9 Å². The number of nitrogens with zero attached hydrogens (tertiary/aromatic N) is 2. The summed E-state index contributed by atoms with van der Waals surface area (Å²) in [6, 6.07) is 18.0. The number of ether oxygens (including phenoxy) is 4. The zero-order chi connectivity index (χ0) is 26.7. The molecule has 8 nitrogen and oxygen atoms in total. The van der Waals surface area contributed by atoms with Gasteiger partial charge in [-0.3, -0.25) is 9.59 Å². The highest BCUT2D eigenvalue weighted by atomic mass is 16.5. The molecule has 0 radical (unpaired) electrons. The van der Waals surface area contributed by atoms with Gasteiger partial charge in [0.25, 0.3) is 5.91 Å². The monoisotopic (exact) mass is 504 g/mol. The normalized spacial score (nSPS) is 16.6. The number of hydrogen-bond acceptors (Lipinski definition) is 6. The molecule has 1 aliphatic heterocycles. The average molecular weight is 505 g/mol. The van der Waals surface area contributed by atoms with Gasteiger partial charge in [0.05, 0.1) is 40.4 Å². The second kappa shape index (κ2) is 10.8. The van der Waals surface area contributed by atoms with Gasteiger partial charge in [-0.15, -0.1) is 0 Å². The van der Waals surface area contributed by atoms with Crippen molar-refractivity contribution in [3.8, 4) is 23.0 Å². The smallest absolute Gasteiger partial charge is 0.254 e. The van der Waals surface area contributed by atoms with Gasteiger partial charge in [0, 0.05) is 26.2 Å². The minimum atomic E-state index is -0.704. The third kappa shape index (κ3) is 4.79. The van der Waals surface area contributed by atoms with Gasteiger partial charge in [0.15, 0.2) is 23.0 Å². The van der Waals surface area contributed by atoms with Crippen LogP contribution in [0.15, 0.2) is 60.7 Å². The lowest BCUT2D eigenvalue weighted by Crippen LogP contribution is -2.46. The molecule has 0 unspecified atom stereocenters. The maximum atomic E-state index is 14.2. The zero-order valence-electron chi connectivity index (χ0n) is 22.0. The van der Waals surface area contributed by atoms with Crippen molar-refractivity contribution in [2.75, 3.05) is 42.5 Å². The average Bonchev–Trinajstić information content (AvgIpc) is 2.93. The number of amides is 2. The van der Waals surface area contributed by atoms with Crippen LogP contribution in [0.3, 0.4) is 0 Å². The first kappa shape index (κ1) is 25.9. The van der Waals surface area contributed by atoms with E-state index in [2.05, 4.69) is 0 Å². The third-order valence-electron chi connectivity index (χ3n) is 6.83. The molecule has 0 saturated carbocycles. The van der Waals surface area contributed by atoms with Crippen LogP contribution in [0.5, 0.6) is 23.0 Å². The van der Waals surface area contributed by atoms with E-state index in [0.717, 1.165) is 11.1 Å². The second-order valence-corrected chi connectivity index (χ2v) is 8.93. The Labute approximate surface area is 217 Å². The van der Waals surface area contributed by atoms with E-state index in [1.165, 1.54) is 14.2 Å². The lowest BCUT2D eigenvalue weighted by atomic mass is 9.78. The van der Waals surface area contributed by atoms with E-state index in [9.17, 15) is 9.59 Å². The lowest BCUT2D eigenvalue weighted by molar-refractivity contribution is -0.133. The summed E-state index contributed by atoms with van der Waals surface area (Å²) in [6.45, 7) is 0.426. The molecule has 1 heterocycles. The van der Waals surface area contributed by atoms with E-state index >= 15 is 0 Å². The highest BCUT2D eigenvalue weighted by molar-refractivity contribution is 6.02. The van der Waals surface area contributed by atoms with Gasteiger partial charge < -0.3 is 28.7 Å². The molecule has 2 amide bonds. The summed E-state index contributed by atoms with van der Waals surface area (Å²) in [6.07, 6.45) is 0. The molecule has 0 spiro atoms. The third-order valence-corrected chi connectivity index (χ3v) is 6.83. The number of hydrogen-bond donors (Lipinski definition) is 0. The van der Waals surface area contributed by atoms with E-state index in [1.54, 1.807) is 56.3 Å². The van der Waals surface area contributed by atoms with E-state index < -0.39 is 12.0 Å². The Morgan fingerprint density at radius 1 is 0.838 bits per heavy atom. The molecule has 2 atom stereocenters. The Bertz CT molecular complexity index is 1290. The van der Waals surface area contributed by atoms with Crippen molar-refractivity contribution in [1.29, 1.82) is 0 Å². The highest BCUT2D eigenvalue weighted by Crippen LogP contribution is 2.47. The predicted molar refractivity (Wildman–Crippen MR) is 140 cm³/mol. The Kier molecular flexibility index (Phi) is 7.57. The number of methoxy groups -OCH3 is 4. The zero-order valence-corrected chi connectivity index (χ0v) is 22.0. The number of rotatable bonds is 8. The Morgan fingerprint density at radius 3 is 2.05 bits per heavy atom. The van der Waals surface area contributed by atoms with Crippen LogP contribution in [0.25, 0.3) is 0 Å². The number of carbonyl (C=O) groups is 2. The van der Waals surface area contributed by atoms with Crippen LogP contribution in [0.4, 0.5) is 0 Å². The molecule has 194 valence electrons. The van der Waals surface area contributed by atoms with Gasteiger partial charge in [-0.1, -0.05) is 36.4 Å². The van der Waals surface area contributed by atoms with Gasteiger partial charge in [-0.05, 0) is 41.0 Å².